The van der Waals surface area contributed by atoms with Crippen molar-refractivity contribution in [1.82, 2.24) is 10.2 Å². The first-order chi connectivity index (χ1) is 25.4. The zero-order valence-electron chi connectivity index (χ0n) is 29.2. The highest BCUT2D eigenvalue weighted by Crippen LogP contribution is 2.42. The molecule has 0 saturated carbocycles. The van der Waals surface area contributed by atoms with Crippen LogP contribution in [0.15, 0.2) is 127 Å². The van der Waals surface area contributed by atoms with Gasteiger partial charge in [-0.3, -0.25) is 4.90 Å². The first-order valence-corrected chi connectivity index (χ1v) is 17.9. The number of aliphatic hydroxyl groups is 2. The minimum Gasteiger partial charge on any atom is -0.457 e. The fraction of sp³-hybridized carbons (Fsp3) is 0.279. The molecule has 5 aromatic rings. The Balaban J connectivity index is 1.01. The van der Waals surface area contributed by atoms with E-state index < -0.39 is 6.29 Å². The molecule has 5 aromatic carbocycles. The molecule has 9 heteroatoms. The topological polar surface area (TPSA) is 113 Å². The molecule has 2 fully saturated rings. The van der Waals surface area contributed by atoms with Crippen molar-refractivity contribution in [2.45, 2.75) is 51.1 Å². The predicted octanol–water partition coefficient (Wildman–Crippen LogP) is 7.82. The number of amides is 2. The quantitative estimate of drug-likeness (QED) is 0.111. The summed E-state index contributed by atoms with van der Waals surface area (Å²) in [6.45, 7) is 4.70. The Hall–Kier alpha value is -5.03. The Kier molecular flexibility index (Phi) is 11.3. The molecule has 2 heterocycles. The van der Waals surface area contributed by atoms with Gasteiger partial charge in [-0.1, -0.05) is 97.9 Å². The van der Waals surface area contributed by atoms with Crippen molar-refractivity contribution in [2.75, 3.05) is 25.0 Å². The van der Waals surface area contributed by atoms with Crippen molar-refractivity contribution in [3.05, 3.63) is 150 Å². The number of rotatable bonds is 11. The maximum absolute atomic E-state index is 12.9. The van der Waals surface area contributed by atoms with E-state index in [2.05, 4.69) is 40.7 Å². The molecule has 0 bridgehead atoms. The van der Waals surface area contributed by atoms with Gasteiger partial charge in [0.15, 0.2) is 6.29 Å². The van der Waals surface area contributed by atoms with Gasteiger partial charge < -0.3 is 35.1 Å². The molecule has 52 heavy (non-hydrogen) atoms. The van der Waals surface area contributed by atoms with Gasteiger partial charge in [0.1, 0.15) is 11.5 Å². The number of β-amino-alcohol motifs (C(OH)–C–C–N with tert-alkyl or cyclic N) is 1. The van der Waals surface area contributed by atoms with E-state index in [1.54, 1.807) is 0 Å². The lowest BCUT2D eigenvalue weighted by molar-refractivity contribution is -0.276. The number of anilines is 1. The molecule has 2 saturated heterocycles. The van der Waals surface area contributed by atoms with Crippen LogP contribution in [0.25, 0.3) is 11.1 Å². The molecule has 7 rings (SSSR count). The van der Waals surface area contributed by atoms with E-state index in [0.717, 1.165) is 52.1 Å². The third kappa shape index (κ3) is 8.70. The SMILES string of the molecule is C[C@@H]1[C@H](CN2CC[C@H](O)C2)O[C@H](c2ccc(-c3ccccc3CNC(=O)Nc3ccc(Oc4ccccc4)cc3)cc2)O[C@@H]1c1ccc(CO)cc1. The fourth-order valence-corrected chi connectivity index (χ4v) is 6.92. The highest BCUT2D eigenvalue weighted by atomic mass is 16.7. The van der Waals surface area contributed by atoms with Gasteiger partial charge in [0.2, 0.25) is 0 Å². The van der Waals surface area contributed by atoms with Gasteiger partial charge in [-0.2, -0.15) is 0 Å². The molecule has 5 atom stereocenters. The molecule has 268 valence electrons. The van der Waals surface area contributed by atoms with Crippen LogP contribution in [0.3, 0.4) is 0 Å². The second-order valence-electron chi connectivity index (χ2n) is 13.6. The number of para-hydroxylation sites is 1. The molecular weight excluding hydrogens is 654 g/mol. The van der Waals surface area contributed by atoms with Crippen molar-refractivity contribution in [1.29, 1.82) is 0 Å². The van der Waals surface area contributed by atoms with E-state index in [4.69, 9.17) is 14.2 Å². The lowest BCUT2D eigenvalue weighted by Gasteiger charge is -2.42. The molecule has 0 aliphatic carbocycles. The molecule has 2 aliphatic heterocycles. The zero-order valence-corrected chi connectivity index (χ0v) is 29.2. The number of benzene rings is 5. The first kappa shape index (κ1) is 35.4. The van der Waals surface area contributed by atoms with E-state index in [0.29, 0.717) is 31.1 Å². The Morgan fingerprint density at radius 3 is 2.23 bits per heavy atom. The Morgan fingerprint density at radius 1 is 0.827 bits per heavy atom. The summed E-state index contributed by atoms with van der Waals surface area (Å²) >= 11 is 0. The van der Waals surface area contributed by atoms with Crippen LogP contribution in [0.1, 0.15) is 48.0 Å². The standard InChI is InChI=1S/C43H45N3O6/c1-29-40(27-46-24-23-36(48)26-46)51-42(52-41(29)32-13-11-30(28-47)12-14-32)33-17-15-31(16-18-33)39-10-6-5-7-34(39)25-44-43(49)45-35-19-21-38(22-20-35)50-37-8-3-2-4-9-37/h2-22,29,36,40-42,47-48H,23-28H2,1H3,(H2,44,45,49)/t29-,36+,40+,41+,42+/m1/s1. The Morgan fingerprint density at radius 2 is 1.52 bits per heavy atom. The summed E-state index contributed by atoms with van der Waals surface area (Å²) in [6, 6.07) is 40.7. The van der Waals surface area contributed by atoms with Crippen molar-refractivity contribution in [2.24, 2.45) is 5.92 Å². The summed E-state index contributed by atoms with van der Waals surface area (Å²) in [5.41, 5.74) is 6.48. The lowest BCUT2D eigenvalue weighted by Crippen LogP contribution is -2.44. The van der Waals surface area contributed by atoms with Crippen LogP contribution in [0.5, 0.6) is 11.5 Å². The van der Waals surface area contributed by atoms with Gasteiger partial charge in [-0.25, -0.2) is 4.79 Å². The normalized spacial score (nSPS) is 21.8. The predicted molar refractivity (Wildman–Crippen MR) is 201 cm³/mol. The number of likely N-dealkylation sites (tertiary alicyclic amines) is 1. The average Bonchev–Trinajstić information content (AvgIpc) is 3.60. The maximum atomic E-state index is 12.9. The number of hydrogen-bond donors (Lipinski definition) is 4. The van der Waals surface area contributed by atoms with Crippen LogP contribution in [-0.4, -0.2) is 53.0 Å². The maximum Gasteiger partial charge on any atom is 0.319 e. The highest BCUT2D eigenvalue weighted by Gasteiger charge is 2.40. The number of urea groups is 1. The van der Waals surface area contributed by atoms with Crippen molar-refractivity contribution >= 4 is 11.7 Å². The van der Waals surface area contributed by atoms with Gasteiger partial charge in [-0.15, -0.1) is 0 Å². The average molecular weight is 700 g/mol. The number of nitrogens with one attached hydrogen (secondary N) is 2. The number of hydrogen-bond acceptors (Lipinski definition) is 7. The molecule has 2 amide bonds. The van der Waals surface area contributed by atoms with Gasteiger partial charge in [-0.05, 0) is 70.6 Å². The van der Waals surface area contributed by atoms with E-state index >= 15 is 0 Å². The molecule has 2 aliphatic rings. The third-order valence-corrected chi connectivity index (χ3v) is 9.85. The van der Waals surface area contributed by atoms with Gasteiger partial charge in [0.25, 0.3) is 0 Å². The van der Waals surface area contributed by atoms with E-state index in [-0.39, 0.29) is 36.9 Å². The molecule has 0 spiro atoms. The number of nitrogens with zero attached hydrogens (tertiary/aromatic N) is 1. The molecule has 9 nitrogen and oxygen atoms in total. The monoisotopic (exact) mass is 699 g/mol. The second-order valence-corrected chi connectivity index (χ2v) is 13.6. The minimum atomic E-state index is -0.579. The van der Waals surface area contributed by atoms with Crippen molar-refractivity contribution in [3.8, 4) is 22.6 Å². The Labute approximate surface area is 304 Å². The molecule has 0 aromatic heterocycles. The van der Waals surface area contributed by atoms with Crippen LogP contribution in [0.2, 0.25) is 0 Å². The number of carbonyl (C=O) groups excluding carboxylic acids is 1. The van der Waals surface area contributed by atoms with Gasteiger partial charge >= 0.3 is 6.03 Å². The van der Waals surface area contributed by atoms with Crippen LogP contribution in [0.4, 0.5) is 10.5 Å². The highest BCUT2D eigenvalue weighted by molar-refractivity contribution is 5.89. The third-order valence-electron chi connectivity index (χ3n) is 9.85. The van der Waals surface area contributed by atoms with Crippen molar-refractivity contribution < 1.29 is 29.2 Å². The lowest BCUT2D eigenvalue weighted by atomic mass is 9.90. The van der Waals surface area contributed by atoms with E-state index in [1.165, 1.54) is 0 Å². The van der Waals surface area contributed by atoms with E-state index in [9.17, 15) is 15.0 Å². The summed E-state index contributed by atoms with van der Waals surface area (Å²) in [5, 5.41) is 25.6. The minimum absolute atomic E-state index is 0.00771. The summed E-state index contributed by atoms with van der Waals surface area (Å²) < 4.78 is 19.2. The van der Waals surface area contributed by atoms with Crippen LogP contribution >= 0.6 is 0 Å². The smallest absolute Gasteiger partial charge is 0.319 e. The summed E-state index contributed by atoms with van der Waals surface area (Å²) in [7, 11) is 0. The molecule has 0 unspecified atom stereocenters. The van der Waals surface area contributed by atoms with Crippen LogP contribution in [0, 0.1) is 5.92 Å². The largest absolute Gasteiger partial charge is 0.457 e. The second kappa shape index (κ2) is 16.5. The Bertz CT molecular complexity index is 1900. The number of aliphatic hydroxyl groups excluding tert-OH is 2. The summed E-state index contributed by atoms with van der Waals surface area (Å²) in [5.74, 6) is 1.50. The zero-order chi connectivity index (χ0) is 35.9. The fourth-order valence-electron chi connectivity index (χ4n) is 6.92. The van der Waals surface area contributed by atoms with Crippen molar-refractivity contribution in [3.63, 3.8) is 0 Å². The first-order valence-electron chi connectivity index (χ1n) is 17.9. The molecule has 4 N–H and O–H groups in total. The van der Waals surface area contributed by atoms with Gasteiger partial charge in [0.05, 0.1) is 24.9 Å². The van der Waals surface area contributed by atoms with Crippen LogP contribution < -0.4 is 15.4 Å². The van der Waals surface area contributed by atoms with Gasteiger partial charge in [0, 0.05) is 43.3 Å². The number of carbonyl (C=O) groups is 1. The van der Waals surface area contributed by atoms with E-state index in [1.807, 2.05) is 109 Å². The van der Waals surface area contributed by atoms with Crippen LogP contribution in [-0.2, 0) is 22.6 Å². The molecule has 0 radical (unpaired) electrons. The number of ether oxygens (including phenoxy) is 3. The molecular formula is C43H45N3O6. The summed E-state index contributed by atoms with van der Waals surface area (Å²) in [4.78, 5) is 15.1. The summed E-state index contributed by atoms with van der Waals surface area (Å²) in [6.07, 6.45) is -0.419.